The Morgan fingerprint density at radius 3 is 3.00 bits per heavy atom. The van der Waals surface area contributed by atoms with Crippen LogP contribution in [0.3, 0.4) is 0 Å². The van der Waals surface area contributed by atoms with E-state index >= 15 is 0 Å². The van der Waals surface area contributed by atoms with E-state index in [2.05, 4.69) is 15.5 Å². The predicted octanol–water partition coefficient (Wildman–Crippen LogP) is 1.04. The lowest BCUT2D eigenvalue weighted by Gasteiger charge is -2.08. The third-order valence-corrected chi connectivity index (χ3v) is 3.15. The molecule has 0 saturated heterocycles. The van der Waals surface area contributed by atoms with Gasteiger partial charge in [0.05, 0.1) is 12.1 Å². The van der Waals surface area contributed by atoms with Gasteiger partial charge in [-0.15, -0.1) is 0 Å². The molecule has 8 heteroatoms. The SMILES string of the molecule is Cn1c(CNC(=O)COc2ccccc2C#N)n[nH]c1=S. The molecule has 1 aromatic carbocycles. The Morgan fingerprint density at radius 2 is 2.33 bits per heavy atom. The van der Waals surface area contributed by atoms with E-state index in [9.17, 15) is 4.79 Å². The number of benzene rings is 1. The lowest BCUT2D eigenvalue weighted by molar-refractivity contribution is -0.123. The summed E-state index contributed by atoms with van der Waals surface area (Å²) in [6.07, 6.45) is 0. The van der Waals surface area contributed by atoms with Crippen LogP contribution in [0.25, 0.3) is 0 Å². The van der Waals surface area contributed by atoms with Crippen molar-refractivity contribution in [1.29, 1.82) is 5.26 Å². The van der Waals surface area contributed by atoms with Gasteiger partial charge in [-0.1, -0.05) is 12.1 Å². The van der Waals surface area contributed by atoms with Gasteiger partial charge in [-0.05, 0) is 24.4 Å². The Labute approximate surface area is 126 Å². The highest BCUT2D eigenvalue weighted by molar-refractivity contribution is 7.71. The minimum atomic E-state index is -0.309. The topological polar surface area (TPSA) is 95.7 Å². The van der Waals surface area contributed by atoms with Crippen LogP contribution in [0.5, 0.6) is 5.75 Å². The average molecular weight is 303 g/mol. The zero-order valence-electron chi connectivity index (χ0n) is 11.3. The Hall–Kier alpha value is -2.66. The normalized spacial score (nSPS) is 9.90. The van der Waals surface area contributed by atoms with Crippen LogP contribution in [-0.4, -0.2) is 27.3 Å². The molecule has 1 aromatic heterocycles. The summed E-state index contributed by atoms with van der Waals surface area (Å²) < 4.78 is 7.48. The molecule has 1 amide bonds. The third-order valence-electron chi connectivity index (χ3n) is 2.78. The molecule has 0 fully saturated rings. The number of ether oxygens (including phenoxy) is 1. The second-order valence-corrected chi connectivity index (χ2v) is 4.56. The van der Waals surface area contributed by atoms with Crippen molar-refractivity contribution >= 4 is 18.1 Å². The van der Waals surface area contributed by atoms with Crippen molar-refractivity contribution in [3.63, 3.8) is 0 Å². The first-order chi connectivity index (χ1) is 10.1. The number of nitriles is 1. The number of aromatic amines is 1. The molecule has 0 aliphatic carbocycles. The molecule has 0 aliphatic rings. The summed E-state index contributed by atoms with van der Waals surface area (Å²) >= 11 is 4.97. The molecular formula is C13H13N5O2S. The molecule has 0 atom stereocenters. The highest BCUT2D eigenvalue weighted by atomic mass is 32.1. The van der Waals surface area contributed by atoms with Crippen molar-refractivity contribution in [2.24, 2.45) is 7.05 Å². The Kier molecular flexibility index (Phi) is 4.68. The summed E-state index contributed by atoms with van der Waals surface area (Å²) in [5, 5.41) is 18.2. The first-order valence-corrected chi connectivity index (χ1v) is 6.51. The zero-order valence-corrected chi connectivity index (χ0v) is 12.1. The largest absolute Gasteiger partial charge is 0.482 e. The van der Waals surface area contributed by atoms with Crippen LogP contribution in [0, 0.1) is 16.1 Å². The van der Waals surface area contributed by atoms with Gasteiger partial charge in [-0.25, -0.2) is 0 Å². The maximum absolute atomic E-state index is 11.7. The smallest absolute Gasteiger partial charge is 0.258 e. The minimum Gasteiger partial charge on any atom is -0.482 e. The van der Waals surface area contributed by atoms with Crippen LogP contribution in [0.4, 0.5) is 0 Å². The summed E-state index contributed by atoms with van der Waals surface area (Å²) in [7, 11) is 1.76. The molecule has 2 aromatic rings. The molecule has 2 N–H and O–H groups in total. The molecule has 108 valence electrons. The Balaban J connectivity index is 1.87. The number of amides is 1. The van der Waals surface area contributed by atoms with Gasteiger partial charge >= 0.3 is 0 Å². The van der Waals surface area contributed by atoms with Crippen LogP contribution < -0.4 is 10.1 Å². The van der Waals surface area contributed by atoms with Gasteiger partial charge in [-0.3, -0.25) is 9.89 Å². The number of carbonyl (C=O) groups is 1. The summed E-state index contributed by atoms with van der Waals surface area (Å²) in [6.45, 7) is 0.0687. The summed E-state index contributed by atoms with van der Waals surface area (Å²) in [6, 6.07) is 8.74. The molecule has 2 rings (SSSR count). The van der Waals surface area contributed by atoms with Gasteiger partial charge < -0.3 is 14.6 Å². The van der Waals surface area contributed by atoms with E-state index in [1.54, 1.807) is 35.9 Å². The maximum Gasteiger partial charge on any atom is 0.258 e. The lowest BCUT2D eigenvalue weighted by Crippen LogP contribution is -2.29. The second-order valence-electron chi connectivity index (χ2n) is 4.18. The standard InChI is InChI=1S/C13H13N5O2S/c1-18-11(16-17-13(18)21)7-15-12(19)8-20-10-5-3-2-4-9(10)6-14/h2-5H,7-8H2,1H3,(H,15,19)(H,17,21). The van der Waals surface area contributed by atoms with Gasteiger partial charge in [0, 0.05) is 7.05 Å². The monoisotopic (exact) mass is 303 g/mol. The van der Waals surface area contributed by atoms with Gasteiger partial charge in [0.1, 0.15) is 11.8 Å². The van der Waals surface area contributed by atoms with Gasteiger partial charge in [-0.2, -0.15) is 10.4 Å². The number of nitrogens with zero attached hydrogens (tertiary/aromatic N) is 3. The fraction of sp³-hybridized carbons (Fsp3) is 0.231. The molecule has 0 radical (unpaired) electrons. The quantitative estimate of drug-likeness (QED) is 0.805. The van der Waals surface area contributed by atoms with Crippen LogP contribution in [0.1, 0.15) is 11.4 Å². The van der Waals surface area contributed by atoms with Gasteiger partial charge in [0.2, 0.25) is 0 Å². The van der Waals surface area contributed by atoms with Gasteiger partial charge in [0.25, 0.3) is 5.91 Å². The van der Waals surface area contributed by atoms with Gasteiger partial charge in [0.15, 0.2) is 17.2 Å². The number of hydrogen-bond acceptors (Lipinski definition) is 5. The molecular weight excluding hydrogens is 290 g/mol. The van der Waals surface area contributed by atoms with Crippen molar-refractivity contribution < 1.29 is 9.53 Å². The minimum absolute atomic E-state index is 0.173. The maximum atomic E-state index is 11.7. The summed E-state index contributed by atoms with van der Waals surface area (Å²) in [5.41, 5.74) is 0.389. The van der Waals surface area contributed by atoms with Crippen LogP contribution in [-0.2, 0) is 18.4 Å². The fourth-order valence-electron chi connectivity index (χ4n) is 1.59. The first kappa shape index (κ1) is 14.7. The van der Waals surface area contributed by atoms with Crippen molar-refractivity contribution in [2.45, 2.75) is 6.54 Å². The van der Waals surface area contributed by atoms with E-state index in [0.717, 1.165) is 0 Å². The van der Waals surface area contributed by atoms with Crippen LogP contribution in [0.2, 0.25) is 0 Å². The number of aromatic nitrogens is 3. The van der Waals surface area contributed by atoms with Crippen molar-refractivity contribution in [3.8, 4) is 11.8 Å². The van der Waals surface area contributed by atoms with E-state index < -0.39 is 0 Å². The molecule has 0 spiro atoms. The van der Waals surface area contributed by atoms with Crippen LogP contribution in [0.15, 0.2) is 24.3 Å². The van der Waals surface area contributed by atoms with Crippen molar-refractivity contribution in [3.05, 3.63) is 40.4 Å². The van der Waals surface area contributed by atoms with Crippen LogP contribution >= 0.6 is 12.2 Å². The molecule has 1 heterocycles. The molecule has 0 aliphatic heterocycles. The number of carbonyl (C=O) groups excluding carboxylic acids is 1. The lowest BCUT2D eigenvalue weighted by atomic mass is 10.2. The molecule has 0 unspecified atom stereocenters. The predicted molar refractivity (Wildman–Crippen MR) is 76.9 cm³/mol. The van der Waals surface area contributed by atoms with E-state index in [-0.39, 0.29) is 19.1 Å². The van der Waals surface area contributed by atoms with E-state index in [1.165, 1.54) is 0 Å². The van der Waals surface area contributed by atoms with Crippen molar-refractivity contribution in [1.82, 2.24) is 20.1 Å². The van der Waals surface area contributed by atoms with E-state index in [1.807, 2.05) is 6.07 Å². The molecule has 7 nitrogen and oxygen atoms in total. The Morgan fingerprint density at radius 1 is 1.57 bits per heavy atom. The first-order valence-electron chi connectivity index (χ1n) is 6.10. The number of rotatable bonds is 5. The number of H-pyrrole nitrogens is 1. The number of nitrogens with one attached hydrogen (secondary N) is 2. The Bertz CT molecular complexity index is 744. The molecule has 0 bridgehead atoms. The van der Waals surface area contributed by atoms with E-state index in [4.69, 9.17) is 22.2 Å². The summed E-state index contributed by atoms with van der Waals surface area (Å²) in [5.74, 6) is 0.691. The third kappa shape index (κ3) is 3.67. The van der Waals surface area contributed by atoms with E-state index in [0.29, 0.717) is 21.9 Å². The number of hydrogen-bond donors (Lipinski definition) is 2. The van der Waals surface area contributed by atoms with Crippen molar-refractivity contribution in [2.75, 3.05) is 6.61 Å². The molecule has 0 saturated carbocycles. The highest BCUT2D eigenvalue weighted by Gasteiger charge is 2.08. The highest BCUT2D eigenvalue weighted by Crippen LogP contribution is 2.16. The second kappa shape index (κ2) is 6.67. The summed E-state index contributed by atoms with van der Waals surface area (Å²) in [4.78, 5) is 11.7. The fourth-order valence-corrected chi connectivity index (χ4v) is 1.75. The number of para-hydroxylation sites is 1. The average Bonchev–Trinajstić information content (AvgIpc) is 2.82. The zero-order chi connectivity index (χ0) is 15.2. The molecule has 21 heavy (non-hydrogen) atoms.